The number of ether oxygens (including phenoxy) is 1. The molecule has 1 saturated heterocycles. The third kappa shape index (κ3) is 4.74. The molecule has 1 amide bonds. The molecule has 1 aliphatic rings. The molecule has 2 aromatic carbocycles. The van der Waals surface area contributed by atoms with Crippen LogP contribution in [0.5, 0.6) is 5.75 Å². The minimum absolute atomic E-state index is 0.159. The number of nitrogens with zero attached hydrogens (tertiary/aromatic N) is 1. The summed E-state index contributed by atoms with van der Waals surface area (Å²) >= 11 is 5.97. The molecule has 6 nitrogen and oxygen atoms in total. The third-order valence-electron chi connectivity index (χ3n) is 5.21. The first-order chi connectivity index (χ1) is 13.7. The molecular weight excluding hydrogens is 412 g/mol. The Hall–Kier alpha value is -2.09. The lowest BCUT2D eigenvalue weighted by Crippen LogP contribution is -2.43. The van der Waals surface area contributed by atoms with Crippen molar-refractivity contribution in [3.8, 4) is 5.75 Å². The molecule has 0 radical (unpaired) electrons. The van der Waals surface area contributed by atoms with Gasteiger partial charge in [0, 0.05) is 23.8 Å². The molecule has 3 rings (SSSR count). The highest BCUT2D eigenvalue weighted by Crippen LogP contribution is 2.28. The molecule has 1 atom stereocenters. The fourth-order valence-corrected chi connectivity index (χ4v) is 5.37. The van der Waals surface area contributed by atoms with Crippen molar-refractivity contribution >= 4 is 33.2 Å². The van der Waals surface area contributed by atoms with E-state index in [1.165, 1.54) is 4.31 Å². The van der Waals surface area contributed by atoms with Crippen LogP contribution in [0.15, 0.2) is 41.3 Å². The predicted molar refractivity (Wildman–Crippen MR) is 114 cm³/mol. The fourth-order valence-electron chi connectivity index (χ4n) is 3.54. The Morgan fingerprint density at radius 3 is 2.59 bits per heavy atom. The molecule has 1 N–H and O–H groups in total. The zero-order valence-electron chi connectivity index (χ0n) is 16.7. The van der Waals surface area contributed by atoms with Gasteiger partial charge in [0.05, 0.1) is 17.9 Å². The Bertz CT molecular complexity index is 1020. The monoisotopic (exact) mass is 436 g/mol. The highest BCUT2D eigenvalue weighted by atomic mass is 35.5. The number of piperidine rings is 1. The number of nitrogens with one attached hydrogen (secondary N) is 1. The van der Waals surface area contributed by atoms with Gasteiger partial charge in [-0.3, -0.25) is 4.79 Å². The second-order valence-corrected chi connectivity index (χ2v) is 9.66. The zero-order valence-corrected chi connectivity index (χ0v) is 18.3. The lowest BCUT2D eigenvalue weighted by molar-refractivity contribution is -0.120. The third-order valence-corrected chi connectivity index (χ3v) is 7.30. The van der Waals surface area contributed by atoms with E-state index >= 15 is 0 Å². The van der Waals surface area contributed by atoms with Crippen LogP contribution in [0.3, 0.4) is 0 Å². The molecule has 0 unspecified atom stereocenters. The smallest absolute Gasteiger partial charge is 0.243 e. The molecule has 0 spiro atoms. The lowest BCUT2D eigenvalue weighted by atomic mass is 9.98. The molecular formula is C21H25ClN2O4S. The van der Waals surface area contributed by atoms with Gasteiger partial charge in [-0.15, -0.1) is 0 Å². The average molecular weight is 437 g/mol. The molecule has 0 aliphatic carbocycles. The SMILES string of the molecule is COc1ccc(S(=O)(=O)N2CCC[C@H](C(=O)Nc3ccc(Cl)cc3C)C2)cc1C. The van der Waals surface area contributed by atoms with Crippen LogP contribution in [-0.2, 0) is 14.8 Å². The summed E-state index contributed by atoms with van der Waals surface area (Å²) in [7, 11) is -2.13. The minimum atomic E-state index is -3.68. The highest BCUT2D eigenvalue weighted by molar-refractivity contribution is 7.89. The van der Waals surface area contributed by atoms with Crippen molar-refractivity contribution in [2.75, 3.05) is 25.5 Å². The van der Waals surface area contributed by atoms with Crippen LogP contribution in [0, 0.1) is 19.8 Å². The summed E-state index contributed by atoms with van der Waals surface area (Å²) in [5.41, 5.74) is 2.29. The lowest BCUT2D eigenvalue weighted by Gasteiger charge is -2.31. The summed E-state index contributed by atoms with van der Waals surface area (Å²) in [6.07, 6.45) is 1.28. The van der Waals surface area contributed by atoms with Crippen LogP contribution in [0.4, 0.5) is 5.69 Å². The molecule has 0 saturated carbocycles. The first-order valence-electron chi connectivity index (χ1n) is 9.44. The van der Waals surface area contributed by atoms with E-state index < -0.39 is 15.9 Å². The molecule has 1 fully saturated rings. The first kappa shape index (κ1) is 21.6. The number of rotatable bonds is 5. The first-order valence-corrected chi connectivity index (χ1v) is 11.3. The van der Waals surface area contributed by atoms with Crippen LogP contribution < -0.4 is 10.1 Å². The van der Waals surface area contributed by atoms with Crippen LogP contribution in [0.25, 0.3) is 0 Å². The maximum atomic E-state index is 13.1. The Balaban J connectivity index is 1.75. The fraction of sp³-hybridized carbons (Fsp3) is 0.381. The van der Waals surface area contributed by atoms with Gasteiger partial charge >= 0.3 is 0 Å². The van der Waals surface area contributed by atoms with Crippen LogP contribution in [0.1, 0.15) is 24.0 Å². The number of halogens is 1. The number of benzene rings is 2. The highest BCUT2D eigenvalue weighted by Gasteiger charge is 2.33. The van der Waals surface area contributed by atoms with Crippen LogP contribution in [-0.4, -0.2) is 38.8 Å². The molecule has 2 aromatic rings. The Labute approximate surface area is 176 Å². The average Bonchev–Trinajstić information content (AvgIpc) is 2.70. The van der Waals surface area contributed by atoms with Crippen LogP contribution >= 0.6 is 11.6 Å². The molecule has 1 aliphatic heterocycles. The second-order valence-electron chi connectivity index (χ2n) is 7.28. The van der Waals surface area contributed by atoms with Gasteiger partial charge < -0.3 is 10.1 Å². The number of carbonyl (C=O) groups excluding carboxylic acids is 1. The molecule has 156 valence electrons. The van der Waals surface area contributed by atoms with E-state index in [-0.39, 0.29) is 17.3 Å². The molecule has 0 aromatic heterocycles. The number of aryl methyl sites for hydroxylation is 2. The molecule has 1 heterocycles. The van der Waals surface area contributed by atoms with Crippen molar-refractivity contribution in [2.45, 2.75) is 31.6 Å². The maximum Gasteiger partial charge on any atom is 0.243 e. The molecule has 0 bridgehead atoms. The number of hydrogen-bond donors (Lipinski definition) is 1. The minimum Gasteiger partial charge on any atom is -0.496 e. The Morgan fingerprint density at radius 1 is 1.17 bits per heavy atom. The van der Waals surface area contributed by atoms with Gasteiger partial charge in [0.2, 0.25) is 15.9 Å². The van der Waals surface area contributed by atoms with Crippen molar-refractivity contribution in [3.05, 3.63) is 52.5 Å². The number of carbonyl (C=O) groups is 1. The van der Waals surface area contributed by atoms with Gasteiger partial charge in [0.1, 0.15) is 5.75 Å². The van der Waals surface area contributed by atoms with Gasteiger partial charge in [-0.1, -0.05) is 11.6 Å². The van der Waals surface area contributed by atoms with Gasteiger partial charge in [0.15, 0.2) is 0 Å². The van der Waals surface area contributed by atoms with Crippen molar-refractivity contribution in [3.63, 3.8) is 0 Å². The second kappa shape index (κ2) is 8.73. The summed E-state index contributed by atoms with van der Waals surface area (Å²) in [6.45, 7) is 4.23. The molecule has 29 heavy (non-hydrogen) atoms. The van der Waals surface area contributed by atoms with Gasteiger partial charge in [-0.2, -0.15) is 4.31 Å². The number of amides is 1. The van der Waals surface area contributed by atoms with E-state index in [0.717, 1.165) is 11.1 Å². The Morgan fingerprint density at radius 2 is 1.93 bits per heavy atom. The normalized spacial score (nSPS) is 17.7. The van der Waals surface area contributed by atoms with Crippen molar-refractivity contribution in [2.24, 2.45) is 5.92 Å². The van der Waals surface area contributed by atoms with Gasteiger partial charge in [-0.25, -0.2) is 8.42 Å². The quantitative estimate of drug-likeness (QED) is 0.768. The van der Waals surface area contributed by atoms with E-state index in [4.69, 9.17) is 16.3 Å². The number of methoxy groups -OCH3 is 1. The number of anilines is 1. The maximum absolute atomic E-state index is 13.1. The summed E-state index contributed by atoms with van der Waals surface area (Å²) in [5, 5.41) is 3.51. The summed E-state index contributed by atoms with van der Waals surface area (Å²) in [6, 6.07) is 10.1. The van der Waals surface area contributed by atoms with Crippen molar-refractivity contribution < 1.29 is 17.9 Å². The van der Waals surface area contributed by atoms with Crippen molar-refractivity contribution in [1.82, 2.24) is 4.31 Å². The van der Waals surface area contributed by atoms with E-state index in [9.17, 15) is 13.2 Å². The van der Waals surface area contributed by atoms with E-state index in [0.29, 0.717) is 35.8 Å². The number of sulfonamides is 1. The topological polar surface area (TPSA) is 75.7 Å². The van der Waals surface area contributed by atoms with E-state index in [1.54, 1.807) is 50.4 Å². The summed E-state index contributed by atoms with van der Waals surface area (Å²) in [4.78, 5) is 13.0. The van der Waals surface area contributed by atoms with Crippen molar-refractivity contribution in [1.29, 1.82) is 0 Å². The van der Waals surface area contributed by atoms with E-state index in [1.807, 2.05) is 6.92 Å². The largest absolute Gasteiger partial charge is 0.496 e. The van der Waals surface area contributed by atoms with E-state index in [2.05, 4.69) is 5.32 Å². The summed E-state index contributed by atoms with van der Waals surface area (Å²) < 4.78 is 32.8. The zero-order chi connectivity index (χ0) is 21.2. The standard InChI is InChI=1S/C21H25ClN2O4S/c1-14-11-17(22)6-8-19(14)23-21(25)16-5-4-10-24(13-16)29(26,27)18-7-9-20(28-3)15(2)12-18/h6-9,11-12,16H,4-5,10,13H2,1-3H3,(H,23,25)/t16-/m0/s1. The summed E-state index contributed by atoms with van der Waals surface area (Å²) in [5.74, 6) is 0.0485. The predicted octanol–water partition coefficient (Wildman–Crippen LogP) is 4.00. The molecule has 8 heteroatoms. The van der Waals surface area contributed by atoms with Gasteiger partial charge in [-0.05, 0) is 74.2 Å². The van der Waals surface area contributed by atoms with Gasteiger partial charge in [0.25, 0.3) is 0 Å². The van der Waals surface area contributed by atoms with Crippen LogP contribution in [0.2, 0.25) is 5.02 Å². The number of hydrogen-bond acceptors (Lipinski definition) is 4. The Kier molecular flexibility index (Phi) is 6.51.